The second-order valence-electron chi connectivity index (χ2n) is 8.61. The zero-order valence-corrected chi connectivity index (χ0v) is 21.2. The van der Waals surface area contributed by atoms with Gasteiger partial charge in [-0.2, -0.15) is 0 Å². The maximum Gasteiger partial charge on any atom is 0.159 e. The Morgan fingerprint density at radius 2 is 1.00 bits per heavy atom. The van der Waals surface area contributed by atoms with Crippen molar-refractivity contribution in [3.8, 4) is 0 Å². The summed E-state index contributed by atoms with van der Waals surface area (Å²) in [6.07, 6.45) is 23.4. The molecule has 188 valence electrons. The maximum atomic E-state index is 10.4. The molecule has 0 aliphatic rings. The molecular formula is C24H49O6P-2. The molecule has 0 aromatic rings. The molecule has 0 N–H and O–H groups in total. The fraction of sp³-hybridized carbons (Fsp3) is 1.00. The van der Waals surface area contributed by atoms with Gasteiger partial charge in [0.1, 0.15) is 0 Å². The Morgan fingerprint density at radius 1 is 0.613 bits per heavy atom. The van der Waals surface area contributed by atoms with Gasteiger partial charge in [0.15, 0.2) is 6.29 Å². The third-order valence-corrected chi connectivity index (χ3v) is 6.06. The molecule has 0 bridgehead atoms. The van der Waals surface area contributed by atoms with E-state index in [2.05, 4.69) is 11.4 Å². The number of rotatable bonds is 25. The lowest BCUT2D eigenvalue weighted by Crippen LogP contribution is -2.23. The highest BCUT2D eigenvalue weighted by molar-refractivity contribution is 7.43. The molecule has 0 saturated carbocycles. The van der Waals surface area contributed by atoms with Crippen LogP contribution in [-0.4, -0.2) is 26.1 Å². The summed E-state index contributed by atoms with van der Waals surface area (Å²) >= 11 is 0. The van der Waals surface area contributed by atoms with Crippen molar-refractivity contribution < 1.29 is 28.3 Å². The van der Waals surface area contributed by atoms with E-state index in [1.807, 2.05) is 0 Å². The first-order chi connectivity index (χ1) is 15.0. The zero-order valence-electron chi connectivity index (χ0n) is 20.3. The largest absolute Gasteiger partial charge is 0.790 e. The summed E-state index contributed by atoms with van der Waals surface area (Å²) in [5.74, 6) is 0. The van der Waals surface area contributed by atoms with Gasteiger partial charge in [0.05, 0.1) is 21.0 Å². The van der Waals surface area contributed by atoms with Gasteiger partial charge in [-0.3, -0.25) is 0 Å². The average molecular weight is 465 g/mol. The quantitative estimate of drug-likeness (QED) is 0.0900. The van der Waals surface area contributed by atoms with E-state index in [1.54, 1.807) is 0 Å². The molecule has 0 rings (SSSR count). The lowest BCUT2D eigenvalue weighted by Gasteiger charge is -2.31. The summed E-state index contributed by atoms with van der Waals surface area (Å²) in [5, 5.41) is 0. The van der Waals surface area contributed by atoms with Crippen LogP contribution in [0.15, 0.2) is 0 Å². The van der Waals surface area contributed by atoms with Crippen molar-refractivity contribution >= 4 is 7.82 Å². The fourth-order valence-electron chi connectivity index (χ4n) is 3.69. The van der Waals surface area contributed by atoms with Crippen LogP contribution in [0.1, 0.15) is 129 Å². The van der Waals surface area contributed by atoms with Crippen LogP contribution in [-0.2, 0) is 18.6 Å². The molecule has 0 aromatic heterocycles. The Bertz CT molecular complexity index is 402. The Kier molecular flexibility index (Phi) is 23.2. The number of phosphoric acid groups is 1. The van der Waals surface area contributed by atoms with Gasteiger partial charge < -0.3 is 28.3 Å². The second-order valence-corrected chi connectivity index (χ2v) is 9.72. The zero-order chi connectivity index (χ0) is 23.0. The number of unbranched alkanes of at least 4 members (excludes halogenated alkanes) is 17. The topological polar surface area (TPSA) is 90.9 Å². The van der Waals surface area contributed by atoms with Gasteiger partial charge in [0.2, 0.25) is 0 Å². The van der Waals surface area contributed by atoms with Crippen LogP contribution in [0.2, 0.25) is 0 Å². The number of phosphoric ester groups is 1. The second kappa shape index (κ2) is 23.2. The van der Waals surface area contributed by atoms with Crippen LogP contribution in [0, 0.1) is 0 Å². The number of hydrogen-bond donors (Lipinski definition) is 0. The third-order valence-electron chi connectivity index (χ3n) is 5.50. The lowest BCUT2D eigenvalue weighted by atomic mass is 10.0. The van der Waals surface area contributed by atoms with Crippen molar-refractivity contribution in [3.63, 3.8) is 0 Å². The predicted molar refractivity (Wildman–Crippen MR) is 124 cm³/mol. The molecule has 0 aromatic carbocycles. The number of hydrogen-bond acceptors (Lipinski definition) is 6. The van der Waals surface area contributed by atoms with Crippen molar-refractivity contribution in [2.24, 2.45) is 0 Å². The van der Waals surface area contributed by atoms with Gasteiger partial charge >= 0.3 is 0 Å². The molecule has 0 amide bonds. The van der Waals surface area contributed by atoms with E-state index in [0.717, 1.165) is 6.42 Å². The van der Waals surface area contributed by atoms with Crippen molar-refractivity contribution in [2.45, 2.75) is 136 Å². The molecule has 1 atom stereocenters. The Labute approximate surface area is 192 Å². The van der Waals surface area contributed by atoms with Gasteiger partial charge in [0, 0.05) is 6.61 Å². The van der Waals surface area contributed by atoms with E-state index in [1.165, 1.54) is 116 Å². The van der Waals surface area contributed by atoms with E-state index in [-0.39, 0.29) is 6.61 Å². The van der Waals surface area contributed by atoms with E-state index in [4.69, 9.17) is 9.47 Å². The Hall–Kier alpha value is 0.0300. The first kappa shape index (κ1) is 31.0. The van der Waals surface area contributed by atoms with Crippen LogP contribution in [0.3, 0.4) is 0 Å². The maximum absolute atomic E-state index is 10.4. The first-order valence-corrected chi connectivity index (χ1v) is 14.3. The molecule has 0 aliphatic heterocycles. The summed E-state index contributed by atoms with van der Waals surface area (Å²) in [7, 11) is -4.99. The van der Waals surface area contributed by atoms with Crippen molar-refractivity contribution in [3.05, 3.63) is 0 Å². The minimum atomic E-state index is -4.99. The standard InChI is InChI=1S/C24H51O6P/c1-3-4-5-6-7-8-9-10-11-12-13-14-15-16-17-18-19-20-21-28-22-23-29-24(2)30-31(25,26)27/h24H,3-23H2,1-2H3,(H2,25,26,27)/p-2. The third kappa shape index (κ3) is 28.0. The molecule has 1 unspecified atom stereocenters. The van der Waals surface area contributed by atoms with E-state index < -0.39 is 14.1 Å². The normalized spacial score (nSPS) is 13.0. The van der Waals surface area contributed by atoms with E-state index in [0.29, 0.717) is 13.2 Å². The van der Waals surface area contributed by atoms with E-state index in [9.17, 15) is 14.4 Å². The molecular weight excluding hydrogens is 415 g/mol. The van der Waals surface area contributed by atoms with Gasteiger partial charge in [0.25, 0.3) is 0 Å². The molecule has 31 heavy (non-hydrogen) atoms. The molecule has 0 saturated heterocycles. The Morgan fingerprint density at radius 3 is 1.39 bits per heavy atom. The minimum Gasteiger partial charge on any atom is -0.790 e. The van der Waals surface area contributed by atoms with Gasteiger partial charge in [-0.1, -0.05) is 116 Å². The average Bonchev–Trinajstić information content (AvgIpc) is 2.70. The molecule has 0 spiro atoms. The molecule has 0 radical (unpaired) electrons. The summed E-state index contributed by atoms with van der Waals surface area (Å²) in [6, 6.07) is 0. The summed E-state index contributed by atoms with van der Waals surface area (Å²) < 4.78 is 25.0. The van der Waals surface area contributed by atoms with E-state index >= 15 is 0 Å². The lowest BCUT2D eigenvalue weighted by molar-refractivity contribution is -0.352. The van der Waals surface area contributed by atoms with Gasteiger partial charge in [-0.15, -0.1) is 0 Å². The van der Waals surface area contributed by atoms with Gasteiger partial charge in [-0.05, 0) is 13.3 Å². The summed E-state index contributed by atoms with van der Waals surface area (Å²) in [6.45, 7) is 4.91. The first-order valence-electron chi connectivity index (χ1n) is 12.9. The van der Waals surface area contributed by atoms with Crippen LogP contribution in [0.5, 0.6) is 0 Å². The van der Waals surface area contributed by atoms with Crippen molar-refractivity contribution in [1.29, 1.82) is 0 Å². The highest BCUT2D eigenvalue weighted by Crippen LogP contribution is 2.27. The molecule has 0 fully saturated rings. The molecule has 7 heteroatoms. The highest BCUT2D eigenvalue weighted by Gasteiger charge is 2.03. The van der Waals surface area contributed by atoms with Crippen LogP contribution in [0.4, 0.5) is 0 Å². The van der Waals surface area contributed by atoms with Crippen LogP contribution >= 0.6 is 7.82 Å². The molecule has 0 heterocycles. The van der Waals surface area contributed by atoms with Gasteiger partial charge in [-0.25, -0.2) is 0 Å². The Balaban J connectivity index is 3.10. The minimum absolute atomic E-state index is 0.209. The smallest absolute Gasteiger partial charge is 0.159 e. The monoisotopic (exact) mass is 464 g/mol. The van der Waals surface area contributed by atoms with Crippen molar-refractivity contribution in [1.82, 2.24) is 0 Å². The fourth-order valence-corrected chi connectivity index (χ4v) is 4.12. The summed E-state index contributed by atoms with van der Waals surface area (Å²) in [5.41, 5.74) is 0. The number of ether oxygens (including phenoxy) is 2. The highest BCUT2D eigenvalue weighted by atomic mass is 31.2. The summed E-state index contributed by atoms with van der Waals surface area (Å²) in [4.78, 5) is 20.8. The van der Waals surface area contributed by atoms with Crippen LogP contribution in [0.25, 0.3) is 0 Å². The molecule has 6 nitrogen and oxygen atoms in total. The van der Waals surface area contributed by atoms with Crippen molar-refractivity contribution in [2.75, 3.05) is 19.8 Å². The van der Waals surface area contributed by atoms with Crippen LogP contribution < -0.4 is 9.79 Å². The molecule has 0 aliphatic carbocycles. The predicted octanol–water partition coefficient (Wildman–Crippen LogP) is 6.25. The SMILES string of the molecule is CCCCCCCCCCCCCCCCCCCCOCCOC(C)OP(=O)([O-])[O-].